The topological polar surface area (TPSA) is 24.5 Å². The van der Waals surface area contributed by atoms with E-state index in [0.29, 0.717) is 6.04 Å². The number of aryl methyl sites for hydroxylation is 1. The molecule has 1 aliphatic rings. The van der Waals surface area contributed by atoms with E-state index in [-0.39, 0.29) is 0 Å². The van der Waals surface area contributed by atoms with Crippen molar-refractivity contribution in [3.05, 3.63) is 29.3 Å². The van der Waals surface area contributed by atoms with Crippen LogP contribution in [-0.2, 0) is 11.2 Å². The van der Waals surface area contributed by atoms with Crippen LogP contribution >= 0.6 is 0 Å². The molecule has 1 N–H and O–H groups in total. The second-order valence-electron chi connectivity index (χ2n) is 5.81. The Morgan fingerprint density at radius 1 is 1.33 bits per heavy atom. The third kappa shape index (κ3) is 4.45. The predicted molar refractivity (Wildman–Crippen MR) is 90.2 cm³/mol. The van der Waals surface area contributed by atoms with Gasteiger partial charge < -0.3 is 15.0 Å². The average Bonchev–Trinajstić information content (AvgIpc) is 2.51. The van der Waals surface area contributed by atoms with Gasteiger partial charge in [0.25, 0.3) is 0 Å². The van der Waals surface area contributed by atoms with Crippen molar-refractivity contribution in [2.24, 2.45) is 0 Å². The van der Waals surface area contributed by atoms with E-state index in [1.165, 1.54) is 36.2 Å². The van der Waals surface area contributed by atoms with Gasteiger partial charge in [0, 0.05) is 38.0 Å². The van der Waals surface area contributed by atoms with E-state index in [4.69, 9.17) is 4.74 Å². The largest absolute Gasteiger partial charge is 0.382 e. The average molecular weight is 290 g/mol. The zero-order chi connectivity index (χ0) is 15.1. The van der Waals surface area contributed by atoms with Crippen LogP contribution in [0.5, 0.6) is 0 Å². The summed E-state index contributed by atoms with van der Waals surface area (Å²) in [4.78, 5) is 2.53. The Bertz CT molecular complexity index is 433. The van der Waals surface area contributed by atoms with Crippen molar-refractivity contribution in [3.63, 3.8) is 0 Å². The van der Waals surface area contributed by atoms with Gasteiger partial charge in [-0.25, -0.2) is 0 Å². The third-order valence-corrected chi connectivity index (χ3v) is 4.25. The fourth-order valence-electron chi connectivity index (χ4n) is 3.12. The van der Waals surface area contributed by atoms with Gasteiger partial charge in [-0.05, 0) is 56.8 Å². The van der Waals surface area contributed by atoms with E-state index in [2.05, 4.69) is 49.2 Å². The summed E-state index contributed by atoms with van der Waals surface area (Å²) < 4.78 is 5.46. The first kappa shape index (κ1) is 16.3. The smallest absolute Gasteiger partial charge is 0.0482 e. The van der Waals surface area contributed by atoms with Gasteiger partial charge in [0.15, 0.2) is 0 Å². The molecule has 0 saturated heterocycles. The van der Waals surface area contributed by atoms with E-state index in [0.717, 1.165) is 32.7 Å². The van der Waals surface area contributed by atoms with Crippen molar-refractivity contribution < 1.29 is 4.74 Å². The lowest BCUT2D eigenvalue weighted by Gasteiger charge is -2.32. The number of fused-ring (bicyclic) bond motifs is 1. The Morgan fingerprint density at radius 3 is 2.95 bits per heavy atom. The maximum absolute atomic E-state index is 5.46. The minimum absolute atomic E-state index is 0.439. The number of ether oxygens (including phenoxy) is 1. The first-order chi connectivity index (χ1) is 10.3. The van der Waals surface area contributed by atoms with Crippen LogP contribution in [0.4, 0.5) is 5.69 Å². The molecule has 1 unspecified atom stereocenters. The van der Waals surface area contributed by atoms with Crippen LogP contribution in [0.15, 0.2) is 18.2 Å². The standard InChI is InChI=1S/C18H30N2O/c1-4-19-15(3)16-9-10-18-17(14-16)8-6-11-20(18)12-7-13-21-5-2/h9-10,14-15,19H,4-8,11-13H2,1-3H3. The summed E-state index contributed by atoms with van der Waals surface area (Å²) in [5.74, 6) is 0. The quantitative estimate of drug-likeness (QED) is 0.741. The molecule has 1 atom stereocenters. The molecule has 0 spiro atoms. The minimum Gasteiger partial charge on any atom is -0.382 e. The van der Waals surface area contributed by atoms with Crippen molar-refractivity contribution >= 4 is 5.69 Å². The van der Waals surface area contributed by atoms with Crippen LogP contribution in [-0.4, -0.2) is 32.8 Å². The number of benzene rings is 1. The number of nitrogens with zero attached hydrogens (tertiary/aromatic N) is 1. The minimum atomic E-state index is 0.439. The first-order valence-corrected chi connectivity index (χ1v) is 8.45. The molecule has 0 radical (unpaired) electrons. The lowest BCUT2D eigenvalue weighted by molar-refractivity contribution is 0.146. The molecule has 0 saturated carbocycles. The summed E-state index contributed by atoms with van der Waals surface area (Å²) in [7, 11) is 0. The molecule has 21 heavy (non-hydrogen) atoms. The summed E-state index contributed by atoms with van der Waals surface area (Å²) in [5.41, 5.74) is 4.36. The van der Waals surface area contributed by atoms with Gasteiger partial charge in [-0.2, -0.15) is 0 Å². The monoisotopic (exact) mass is 290 g/mol. The summed E-state index contributed by atoms with van der Waals surface area (Å²) >= 11 is 0. The Morgan fingerprint density at radius 2 is 2.19 bits per heavy atom. The molecular weight excluding hydrogens is 260 g/mol. The molecular formula is C18H30N2O. The summed E-state index contributed by atoms with van der Waals surface area (Å²) in [6.45, 7) is 11.5. The van der Waals surface area contributed by atoms with Crippen molar-refractivity contribution in [2.45, 2.75) is 46.1 Å². The van der Waals surface area contributed by atoms with Gasteiger partial charge >= 0.3 is 0 Å². The number of hydrogen-bond donors (Lipinski definition) is 1. The Balaban J connectivity index is 2.02. The number of rotatable bonds is 8. The van der Waals surface area contributed by atoms with E-state index < -0.39 is 0 Å². The highest BCUT2D eigenvalue weighted by atomic mass is 16.5. The molecule has 3 heteroatoms. The Labute approximate surface area is 129 Å². The summed E-state index contributed by atoms with van der Waals surface area (Å²) in [6, 6.07) is 7.44. The van der Waals surface area contributed by atoms with Gasteiger partial charge in [0.1, 0.15) is 0 Å². The second kappa shape index (κ2) is 8.40. The second-order valence-corrected chi connectivity index (χ2v) is 5.81. The maximum Gasteiger partial charge on any atom is 0.0482 e. The number of anilines is 1. The lowest BCUT2D eigenvalue weighted by atomic mass is 9.96. The van der Waals surface area contributed by atoms with Crippen LogP contribution in [0.25, 0.3) is 0 Å². The highest BCUT2D eigenvalue weighted by molar-refractivity contribution is 5.57. The molecule has 118 valence electrons. The maximum atomic E-state index is 5.46. The van der Waals surface area contributed by atoms with Crippen LogP contribution in [0.3, 0.4) is 0 Å². The summed E-state index contributed by atoms with van der Waals surface area (Å²) in [6.07, 6.45) is 3.59. The van der Waals surface area contributed by atoms with Crippen LogP contribution in [0.2, 0.25) is 0 Å². The normalized spacial score (nSPS) is 15.9. The van der Waals surface area contributed by atoms with Crippen LogP contribution < -0.4 is 10.2 Å². The SMILES string of the molecule is CCNC(C)c1ccc2c(c1)CCCN2CCCOCC. The highest BCUT2D eigenvalue weighted by Gasteiger charge is 2.17. The van der Waals surface area contributed by atoms with E-state index in [9.17, 15) is 0 Å². The zero-order valence-corrected chi connectivity index (χ0v) is 13.8. The van der Waals surface area contributed by atoms with Gasteiger partial charge in [0.05, 0.1) is 0 Å². The summed E-state index contributed by atoms with van der Waals surface area (Å²) in [5, 5.41) is 3.50. The highest BCUT2D eigenvalue weighted by Crippen LogP contribution is 2.29. The molecule has 0 bridgehead atoms. The van der Waals surface area contributed by atoms with E-state index in [1.807, 2.05) is 0 Å². The zero-order valence-electron chi connectivity index (χ0n) is 13.8. The molecule has 0 aliphatic carbocycles. The molecule has 1 aromatic rings. The number of hydrogen-bond acceptors (Lipinski definition) is 3. The van der Waals surface area contributed by atoms with Gasteiger partial charge in [-0.15, -0.1) is 0 Å². The molecule has 1 heterocycles. The Hall–Kier alpha value is -1.06. The van der Waals surface area contributed by atoms with Crippen molar-refractivity contribution in [1.82, 2.24) is 5.32 Å². The fourth-order valence-corrected chi connectivity index (χ4v) is 3.12. The van der Waals surface area contributed by atoms with Crippen molar-refractivity contribution in [2.75, 3.05) is 37.7 Å². The van der Waals surface area contributed by atoms with Crippen LogP contribution in [0.1, 0.15) is 50.8 Å². The molecule has 1 aromatic carbocycles. The van der Waals surface area contributed by atoms with Gasteiger partial charge in [-0.3, -0.25) is 0 Å². The lowest BCUT2D eigenvalue weighted by Crippen LogP contribution is -2.31. The van der Waals surface area contributed by atoms with E-state index in [1.54, 1.807) is 0 Å². The molecule has 0 fully saturated rings. The van der Waals surface area contributed by atoms with Crippen molar-refractivity contribution in [1.29, 1.82) is 0 Å². The number of nitrogens with one attached hydrogen (secondary N) is 1. The third-order valence-electron chi connectivity index (χ3n) is 4.25. The molecule has 1 aliphatic heterocycles. The predicted octanol–water partition coefficient (Wildman–Crippen LogP) is 3.54. The Kier molecular flexibility index (Phi) is 6.52. The first-order valence-electron chi connectivity index (χ1n) is 8.45. The van der Waals surface area contributed by atoms with Gasteiger partial charge in [0.2, 0.25) is 0 Å². The van der Waals surface area contributed by atoms with Crippen molar-refractivity contribution in [3.8, 4) is 0 Å². The van der Waals surface area contributed by atoms with Crippen LogP contribution in [0, 0.1) is 0 Å². The molecule has 2 rings (SSSR count). The molecule has 3 nitrogen and oxygen atoms in total. The molecule has 0 aromatic heterocycles. The fraction of sp³-hybridized carbons (Fsp3) is 0.667. The van der Waals surface area contributed by atoms with E-state index >= 15 is 0 Å². The molecule has 0 amide bonds. The van der Waals surface area contributed by atoms with Gasteiger partial charge in [-0.1, -0.05) is 19.1 Å².